The van der Waals surface area contributed by atoms with Crippen LogP contribution in [0.3, 0.4) is 0 Å². The predicted octanol–water partition coefficient (Wildman–Crippen LogP) is 3.57. The molecule has 0 bridgehead atoms. The van der Waals surface area contributed by atoms with Gasteiger partial charge in [0.2, 0.25) is 0 Å². The Kier molecular flexibility index (Phi) is 6.45. The van der Waals surface area contributed by atoms with E-state index in [2.05, 4.69) is 26.1 Å². The Labute approximate surface area is 160 Å². The maximum absolute atomic E-state index is 12.6. The highest BCUT2D eigenvalue weighted by Crippen LogP contribution is 2.25. The Balaban J connectivity index is 1.71. The molecule has 1 aliphatic heterocycles. The molecule has 2 aromatic rings. The number of hydrogen-bond donors (Lipinski definition) is 1. The lowest BCUT2D eigenvalue weighted by atomic mass is 10.1. The van der Waals surface area contributed by atoms with Gasteiger partial charge in [-0.3, -0.25) is 9.69 Å². The normalized spacial score (nSPS) is 16.4. The molecule has 1 atom stereocenters. The second kappa shape index (κ2) is 8.78. The fourth-order valence-electron chi connectivity index (χ4n) is 2.90. The molecule has 3 rings (SSSR count). The Morgan fingerprint density at radius 3 is 2.88 bits per heavy atom. The van der Waals surface area contributed by atoms with Gasteiger partial charge >= 0.3 is 0 Å². The van der Waals surface area contributed by atoms with Gasteiger partial charge in [0, 0.05) is 41.2 Å². The van der Waals surface area contributed by atoms with Crippen LogP contribution < -0.4 is 10.1 Å². The van der Waals surface area contributed by atoms with Crippen LogP contribution in [0.4, 0.5) is 0 Å². The Morgan fingerprint density at radius 2 is 2.20 bits per heavy atom. The van der Waals surface area contributed by atoms with Crippen LogP contribution >= 0.6 is 27.7 Å². The Morgan fingerprint density at radius 1 is 1.40 bits per heavy atom. The fraction of sp³-hybridized carbons (Fsp3) is 0.389. The summed E-state index contributed by atoms with van der Waals surface area (Å²) in [4.78, 5) is 15.1. The van der Waals surface area contributed by atoms with Gasteiger partial charge in [-0.15, -0.1) is 0 Å². The van der Waals surface area contributed by atoms with E-state index in [0.717, 1.165) is 34.6 Å². The van der Waals surface area contributed by atoms with E-state index in [4.69, 9.17) is 9.15 Å². The van der Waals surface area contributed by atoms with Crippen molar-refractivity contribution < 1.29 is 13.9 Å². The highest BCUT2D eigenvalue weighted by atomic mass is 79.9. The number of nitrogens with one attached hydrogen (secondary N) is 1. The lowest BCUT2D eigenvalue weighted by Gasteiger charge is -2.34. The van der Waals surface area contributed by atoms with E-state index in [0.29, 0.717) is 17.9 Å². The molecule has 1 amide bonds. The molecule has 1 aromatic heterocycles. The van der Waals surface area contributed by atoms with E-state index >= 15 is 0 Å². The minimum absolute atomic E-state index is 0.119. The Hall–Kier alpha value is -1.44. The smallest absolute Gasteiger partial charge is 0.252 e. The number of rotatable bonds is 6. The zero-order valence-corrected chi connectivity index (χ0v) is 16.4. The fourth-order valence-corrected chi connectivity index (χ4v) is 4.26. The van der Waals surface area contributed by atoms with Gasteiger partial charge in [0.05, 0.1) is 31.2 Å². The number of thioether (sulfide) groups is 1. The summed E-state index contributed by atoms with van der Waals surface area (Å²) in [5.41, 5.74) is 1.66. The van der Waals surface area contributed by atoms with E-state index in [1.165, 1.54) is 0 Å². The largest absolute Gasteiger partial charge is 0.497 e. The lowest BCUT2D eigenvalue weighted by Crippen LogP contribution is -2.42. The number of methoxy groups -OCH3 is 1. The molecule has 1 saturated heterocycles. The highest BCUT2D eigenvalue weighted by Gasteiger charge is 2.24. The monoisotopic (exact) mass is 424 g/mol. The standard InChI is InChI=1S/C18H21BrN2O3S/c1-23-14-2-3-16(19)15(10-14)18(22)20-11-17(13-4-7-24-12-13)21-5-8-25-9-6-21/h2-4,7,10,12,17H,5-6,8-9,11H2,1H3,(H,20,22). The number of ether oxygens (including phenoxy) is 1. The van der Waals surface area contributed by atoms with Crippen molar-refractivity contribution in [3.63, 3.8) is 0 Å². The van der Waals surface area contributed by atoms with Crippen LogP contribution in [0, 0.1) is 0 Å². The number of halogens is 1. The molecule has 7 heteroatoms. The van der Waals surface area contributed by atoms with E-state index in [9.17, 15) is 4.79 Å². The summed E-state index contributed by atoms with van der Waals surface area (Å²) < 4.78 is 11.2. The number of nitrogens with zero attached hydrogens (tertiary/aromatic N) is 1. The van der Waals surface area contributed by atoms with Gasteiger partial charge in [0.1, 0.15) is 5.75 Å². The molecule has 1 fully saturated rings. The molecule has 1 aromatic carbocycles. The topological polar surface area (TPSA) is 54.7 Å². The highest BCUT2D eigenvalue weighted by molar-refractivity contribution is 9.10. The van der Waals surface area contributed by atoms with Gasteiger partial charge in [-0.05, 0) is 40.2 Å². The Bertz CT molecular complexity index is 702. The number of amides is 1. The number of carbonyl (C=O) groups excluding carboxylic acids is 1. The molecule has 1 N–H and O–H groups in total. The van der Waals surface area contributed by atoms with Crippen molar-refractivity contribution in [3.8, 4) is 5.75 Å². The zero-order chi connectivity index (χ0) is 17.6. The zero-order valence-electron chi connectivity index (χ0n) is 14.0. The minimum Gasteiger partial charge on any atom is -0.497 e. The first kappa shape index (κ1) is 18.4. The van der Waals surface area contributed by atoms with E-state index < -0.39 is 0 Å². The van der Waals surface area contributed by atoms with Crippen LogP contribution in [0.1, 0.15) is 22.0 Å². The summed E-state index contributed by atoms with van der Waals surface area (Å²) in [5.74, 6) is 2.77. The second-order valence-corrected chi connectivity index (χ2v) is 7.86. The second-order valence-electron chi connectivity index (χ2n) is 5.78. The molecule has 0 saturated carbocycles. The van der Waals surface area contributed by atoms with Gasteiger partial charge < -0.3 is 14.5 Å². The first-order chi connectivity index (χ1) is 12.2. The van der Waals surface area contributed by atoms with Crippen LogP contribution in [0.5, 0.6) is 5.75 Å². The molecular weight excluding hydrogens is 404 g/mol. The first-order valence-corrected chi connectivity index (χ1v) is 10.1. The third-order valence-electron chi connectivity index (χ3n) is 4.29. The van der Waals surface area contributed by atoms with Crippen molar-refractivity contribution >= 4 is 33.6 Å². The van der Waals surface area contributed by atoms with E-state index in [1.807, 2.05) is 30.0 Å². The van der Waals surface area contributed by atoms with Crippen LogP contribution in [0.25, 0.3) is 0 Å². The SMILES string of the molecule is COc1ccc(Br)c(C(=O)NCC(c2ccoc2)N2CCSCC2)c1. The molecular formula is C18H21BrN2O3S. The van der Waals surface area contributed by atoms with Gasteiger partial charge in [-0.25, -0.2) is 0 Å². The summed E-state index contributed by atoms with van der Waals surface area (Å²) in [6.45, 7) is 2.56. The quantitative estimate of drug-likeness (QED) is 0.767. The van der Waals surface area contributed by atoms with Crippen molar-refractivity contribution in [2.45, 2.75) is 6.04 Å². The molecule has 0 spiro atoms. The number of hydrogen-bond acceptors (Lipinski definition) is 5. The summed E-state index contributed by atoms with van der Waals surface area (Å²) >= 11 is 5.41. The molecule has 1 aliphatic rings. The van der Waals surface area contributed by atoms with Crippen molar-refractivity contribution in [1.29, 1.82) is 0 Å². The summed E-state index contributed by atoms with van der Waals surface area (Å²) in [5, 5.41) is 3.06. The number of furan rings is 1. The summed E-state index contributed by atoms with van der Waals surface area (Å²) in [6, 6.07) is 7.47. The number of carbonyl (C=O) groups is 1. The molecule has 134 valence electrons. The van der Waals surface area contributed by atoms with Crippen molar-refractivity contribution in [2.75, 3.05) is 38.2 Å². The van der Waals surface area contributed by atoms with E-state index in [1.54, 1.807) is 25.7 Å². The molecule has 0 radical (unpaired) electrons. The van der Waals surface area contributed by atoms with Crippen LogP contribution in [-0.4, -0.2) is 49.1 Å². The number of benzene rings is 1. The molecule has 25 heavy (non-hydrogen) atoms. The average molecular weight is 425 g/mol. The van der Waals surface area contributed by atoms with Crippen LogP contribution in [0.2, 0.25) is 0 Å². The third-order valence-corrected chi connectivity index (χ3v) is 5.92. The van der Waals surface area contributed by atoms with Crippen molar-refractivity contribution in [2.24, 2.45) is 0 Å². The van der Waals surface area contributed by atoms with Gasteiger partial charge in [-0.1, -0.05) is 0 Å². The summed E-state index contributed by atoms with van der Waals surface area (Å²) in [7, 11) is 1.59. The molecule has 2 heterocycles. The van der Waals surface area contributed by atoms with Crippen LogP contribution in [-0.2, 0) is 0 Å². The first-order valence-electron chi connectivity index (χ1n) is 8.14. The van der Waals surface area contributed by atoms with Gasteiger partial charge in [0.15, 0.2) is 0 Å². The molecule has 5 nitrogen and oxygen atoms in total. The molecule has 1 unspecified atom stereocenters. The predicted molar refractivity (Wildman–Crippen MR) is 103 cm³/mol. The third kappa shape index (κ3) is 4.59. The lowest BCUT2D eigenvalue weighted by molar-refractivity contribution is 0.0933. The van der Waals surface area contributed by atoms with Crippen molar-refractivity contribution in [3.05, 3.63) is 52.4 Å². The van der Waals surface area contributed by atoms with E-state index in [-0.39, 0.29) is 11.9 Å². The maximum Gasteiger partial charge on any atom is 0.252 e. The molecule has 0 aliphatic carbocycles. The maximum atomic E-state index is 12.6. The van der Waals surface area contributed by atoms with Gasteiger partial charge in [-0.2, -0.15) is 11.8 Å². The average Bonchev–Trinajstić information content (AvgIpc) is 3.17. The minimum atomic E-state index is -0.120. The van der Waals surface area contributed by atoms with Crippen LogP contribution in [0.15, 0.2) is 45.7 Å². The van der Waals surface area contributed by atoms with Crippen molar-refractivity contribution in [1.82, 2.24) is 10.2 Å². The summed E-state index contributed by atoms with van der Waals surface area (Å²) in [6.07, 6.45) is 3.45. The van der Waals surface area contributed by atoms with Gasteiger partial charge in [0.25, 0.3) is 5.91 Å².